The lowest BCUT2D eigenvalue weighted by atomic mass is 10.1. The van der Waals surface area contributed by atoms with E-state index in [1.54, 1.807) is 18.2 Å². The van der Waals surface area contributed by atoms with Crippen molar-refractivity contribution in [2.24, 2.45) is 0 Å². The van der Waals surface area contributed by atoms with Gasteiger partial charge in [-0.2, -0.15) is 0 Å². The molecule has 1 aliphatic heterocycles. The van der Waals surface area contributed by atoms with Crippen molar-refractivity contribution in [2.75, 3.05) is 4.90 Å². The molecule has 4 rings (SSSR count). The molecule has 0 saturated heterocycles. The van der Waals surface area contributed by atoms with Gasteiger partial charge in [-0.25, -0.2) is 0 Å². The SMILES string of the molecule is CC1Cc2ccccc2N1Cc1occc1C(=O)NNC(=O)c1ccccc1O. The fourth-order valence-electron chi connectivity index (χ4n) is 3.60. The predicted molar refractivity (Wildman–Crippen MR) is 108 cm³/mol. The van der Waals surface area contributed by atoms with Crippen molar-refractivity contribution < 1.29 is 19.1 Å². The van der Waals surface area contributed by atoms with Crippen LogP contribution in [-0.2, 0) is 13.0 Å². The van der Waals surface area contributed by atoms with E-state index in [0.717, 1.165) is 12.1 Å². The fraction of sp³-hybridized carbons (Fsp3) is 0.182. The second kappa shape index (κ2) is 7.71. The van der Waals surface area contributed by atoms with E-state index in [1.807, 2.05) is 12.1 Å². The number of rotatable bonds is 4. The third-order valence-electron chi connectivity index (χ3n) is 5.09. The zero-order valence-electron chi connectivity index (χ0n) is 15.9. The lowest BCUT2D eigenvalue weighted by molar-refractivity contribution is 0.0843. The Morgan fingerprint density at radius 1 is 1.03 bits per heavy atom. The maximum Gasteiger partial charge on any atom is 0.273 e. The van der Waals surface area contributed by atoms with Crippen LogP contribution in [-0.4, -0.2) is 23.0 Å². The molecule has 1 atom stereocenters. The fourth-order valence-corrected chi connectivity index (χ4v) is 3.60. The summed E-state index contributed by atoms with van der Waals surface area (Å²) in [5.41, 5.74) is 7.52. The van der Waals surface area contributed by atoms with Crippen LogP contribution in [0.2, 0.25) is 0 Å². The number of furan rings is 1. The number of carbonyl (C=O) groups is 2. The molecule has 148 valence electrons. The van der Waals surface area contributed by atoms with E-state index in [4.69, 9.17) is 4.42 Å². The van der Waals surface area contributed by atoms with Gasteiger partial charge in [0.1, 0.15) is 11.5 Å². The van der Waals surface area contributed by atoms with E-state index in [1.165, 1.54) is 24.0 Å². The van der Waals surface area contributed by atoms with Crippen molar-refractivity contribution in [3.05, 3.63) is 83.3 Å². The Morgan fingerprint density at radius 3 is 2.52 bits per heavy atom. The first-order valence-electron chi connectivity index (χ1n) is 9.34. The van der Waals surface area contributed by atoms with Gasteiger partial charge in [0, 0.05) is 11.7 Å². The molecule has 2 heterocycles. The molecule has 0 saturated carbocycles. The van der Waals surface area contributed by atoms with Gasteiger partial charge in [-0.15, -0.1) is 0 Å². The van der Waals surface area contributed by atoms with E-state index in [-0.39, 0.29) is 17.4 Å². The summed E-state index contributed by atoms with van der Waals surface area (Å²) in [7, 11) is 0. The number of hydrazine groups is 1. The Hall–Kier alpha value is -3.74. The summed E-state index contributed by atoms with van der Waals surface area (Å²) in [6.07, 6.45) is 2.40. The van der Waals surface area contributed by atoms with Crippen molar-refractivity contribution >= 4 is 17.5 Å². The average molecular weight is 391 g/mol. The van der Waals surface area contributed by atoms with Crippen LogP contribution in [0, 0.1) is 0 Å². The number of hydrogen-bond acceptors (Lipinski definition) is 5. The van der Waals surface area contributed by atoms with Gasteiger partial charge < -0.3 is 14.4 Å². The Labute approximate surface area is 167 Å². The first-order valence-corrected chi connectivity index (χ1v) is 9.34. The molecule has 2 aromatic carbocycles. The normalized spacial score (nSPS) is 15.1. The summed E-state index contributed by atoms with van der Waals surface area (Å²) in [6, 6.07) is 16.1. The second-order valence-electron chi connectivity index (χ2n) is 6.99. The minimum absolute atomic E-state index is 0.0720. The largest absolute Gasteiger partial charge is 0.507 e. The molecule has 1 aliphatic rings. The lowest BCUT2D eigenvalue weighted by Gasteiger charge is -2.24. The van der Waals surface area contributed by atoms with Gasteiger partial charge in [0.05, 0.1) is 23.9 Å². The van der Waals surface area contributed by atoms with Crippen LogP contribution in [0.1, 0.15) is 39.0 Å². The Bertz CT molecular complexity index is 1060. The number of carbonyl (C=O) groups excluding carboxylic acids is 2. The number of nitrogens with zero attached hydrogens (tertiary/aromatic N) is 1. The van der Waals surface area contributed by atoms with Crippen molar-refractivity contribution in [2.45, 2.75) is 25.9 Å². The molecule has 0 fully saturated rings. The quantitative estimate of drug-likeness (QED) is 0.595. The number of para-hydroxylation sites is 2. The van der Waals surface area contributed by atoms with Gasteiger partial charge in [0.2, 0.25) is 0 Å². The Morgan fingerprint density at radius 2 is 1.72 bits per heavy atom. The molecule has 0 radical (unpaired) electrons. The summed E-state index contributed by atoms with van der Waals surface area (Å²) >= 11 is 0. The molecule has 0 aliphatic carbocycles. The number of phenolic OH excluding ortho intramolecular Hbond substituents is 1. The predicted octanol–water partition coefficient (Wildman–Crippen LogP) is 3.01. The number of fused-ring (bicyclic) bond motifs is 1. The van der Waals surface area contributed by atoms with E-state index in [0.29, 0.717) is 17.9 Å². The van der Waals surface area contributed by atoms with Crippen LogP contribution in [0.5, 0.6) is 5.75 Å². The molecule has 3 N–H and O–H groups in total. The van der Waals surface area contributed by atoms with Gasteiger partial charge in [0.15, 0.2) is 0 Å². The van der Waals surface area contributed by atoms with E-state index >= 15 is 0 Å². The zero-order chi connectivity index (χ0) is 20.4. The summed E-state index contributed by atoms with van der Waals surface area (Å²) in [6.45, 7) is 2.58. The lowest BCUT2D eigenvalue weighted by Crippen LogP contribution is -2.42. The molecule has 1 unspecified atom stereocenters. The number of phenols is 1. The maximum atomic E-state index is 12.6. The summed E-state index contributed by atoms with van der Waals surface area (Å²) < 4.78 is 5.57. The monoisotopic (exact) mass is 391 g/mol. The molecular weight excluding hydrogens is 370 g/mol. The Kier molecular flexibility index (Phi) is 4.95. The molecule has 7 heteroatoms. The van der Waals surface area contributed by atoms with Crippen molar-refractivity contribution in [3.8, 4) is 5.75 Å². The molecule has 29 heavy (non-hydrogen) atoms. The van der Waals surface area contributed by atoms with Crippen LogP contribution in [0.3, 0.4) is 0 Å². The molecule has 7 nitrogen and oxygen atoms in total. The average Bonchev–Trinajstić information content (AvgIpc) is 3.31. The van der Waals surface area contributed by atoms with Gasteiger partial charge >= 0.3 is 0 Å². The minimum Gasteiger partial charge on any atom is -0.507 e. The standard InChI is InChI=1S/C22H21N3O4/c1-14-12-15-6-2-4-8-18(15)25(14)13-20-17(10-11-29-20)22(28)24-23-21(27)16-7-3-5-9-19(16)26/h2-11,14,26H,12-13H2,1H3,(H,23,27)(H,24,28). The first kappa shape index (κ1) is 18.6. The Balaban J connectivity index is 1.45. The molecule has 3 aromatic rings. The van der Waals surface area contributed by atoms with E-state index in [9.17, 15) is 14.7 Å². The van der Waals surface area contributed by atoms with Gasteiger partial charge in [-0.1, -0.05) is 30.3 Å². The number of anilines is 1. The number of aromatic hydroxyl groups is 1. The van der Waals surface area contributed by atoms with Crippen LogP contribution in [0.25, 0.3) is 0 Å². The number of nitrogens with one attached hydrogen (secondary N) is 2. The first-order chi connectivity index (χ1) is 14.0. The summed E-state index contributed by atoms with van der Waals surface area (Å²) in [5.74, 6) is -0.742. The topological polar surface area (TPSA) is 94.8 Å². The van der Waals surface area contributed by atoms with E-state index < -0.39 is 11.8 Å². The highest BCUT2D eigenvalue weighted by Gasteiger charge is 2.28. The maximum absolute atomic E-state index is 12.6. The highest BCUT2D eigenvalue weighted by molar-refractivity contribution is 6.00. The van der Waals surface area contributed by atoms with Crippen LogP contribution >= 0.6 is 0 Å². The van der Waals surface area contributed by atoms with Gasteiger partial charge in [-0.3, -0.25) is 20.4 Å². The summed E-state index contributed by atoms with van der Waals surface area (Å²) in [4.78, 5) is 26.9. The smallest absolute Gasteiger partial charge is 0.273 e. The van der Waals surface area contributed by atoms with Crippen LogP contribution < -0.4 is 15.8 Å². The van der Waals surface area contributed by atoms with Crippen molar-refractivity contribution in [1.82, 2.24) is 10.9 Å². The molecule has 0 spiro atoms. The number of hydrogen-bond donors (Lipinski definition) is 3. The molecule has 0 bridgehead atoms. The van der Waals surface area contributed by atoms with Crippen molar-refractivity contribution in [3.63, 3.8) is 0 Å². The number of benzene rings is 2. The molecular formula is C22H21N3O4. The minimum atomic E-state index is -0.608. The highest BCUT2D eigenvalue weighted by Crippen LogP contribution is 2.33. The number of amides is 2. The van der Waals surface area contributed by atoms with Crippen LogP contribution in [0.15, 0.2) is 65.3 Å². The van der Waals surface area contributed by atoms with Gasteiger partial charge in [0.25, 0.3) is 11.8 Å². The van der Waals surface area contributed by atoms with Gasteiger partial charge in [-0.05, 0) is 43.2 Å². The van der Waals surface area contributed by atoms with Crippen molar-refractivity contribution in [1.29, 1.82) is 0 Å². The molecule has 1 aromatic heterocycles. The van der Waals surface area contributed by atoms with Crippen LogP contribution in [0.4, 0.5) is 5.69 Å². The summed E-state index contributed by atoms with van der Waals surface area (Å²) in [5, 5.41) is 9.74. The third kappa shape index (κ3) is 3.67. The highest BCUT2D eigenvalue weighted by atomic mass is 16.3. The second-order valence-corrected chi connectivity index (χ2v) is 6.99. The third-order valence-corrected chi connectivity index (χ3v) is 5.09. The molecule has 2 amide bonds. The van der Waals surface area contributed by atoms with E-state index in [2.05, 4.69) is 34.8 Å². The zero-order valence-corrected chi connectivity index (χ0v) is 15.9.